The molecule has 20 heavy (non-hydrogen) atoms. The highest BCUT2D eigenvalue weighted by Crippen LogP contribution is 2.33. The average molecular weight is 316 g/mol. The molecule has 0 amide bonds. The number of benzene rings is 1. The van der Waals surface area contributed by atoms with Crippen LogP contribution < -0.4 is 5.32 Å². The number of anilines is 1. The van der Waals surface area contributed by atoms with Crippen LogP contribution in [0.3, 0.4) is 0 Å². The number of aromatic nitrogens is 2. The molecule has 3 nitrogen and oxygen atoms in total. The van der Waals surface area contributed by atoms with Crippen molar-refractivity contribution in [1.82, 2.24) is 9.97 Å². The Labute approximate surface area is 124 Å². The van der Waals surface area contributed by atoms with Crippen LogP contribution >= 0.6 is 23.4 Å². The van der Waals surface area contributed by atoms with E-state index in [2.05, 4.69) is 15.3 Å². The molecule has 0 aliphatic rings. The lowest BCUT2D eigenvalue weighted by Gasteiger charge is -2.07. The lowest BCUT2D eigenvalue weighted by molar-refractivity contribution is 0.565. The highest BCUT2D eigenvalue weighted by molar-refractivity contribution is 7.99. The van der Waals surface area contributed by atoms with Gasteiger partial charge in [0.1, 0.15) is 16.7 Å². The summed E-state index contributed by atoms with van der Waals surface area (Å²) in [5.74, 6) is -0.833. The molecule has 1 N–H and O–H groups in total. The van der Waals surface area contributed by atoms with E-state index in [1.807, 2.05) is 6.92 Å². The van der Waals surface area contributed by atoms with E-state index in [1.165, 1.54) is 18.3 Å². The van der Waals surface area contributed by atoms with Crippen LogP contribution in [0, 0.1) is 11.6 Å². The van der Waals surface area contributed by atoms with Gasteiger partial charge in [-0.2, -0.15) is 0 Å². The lowest BCUT2D eigenvalue weighted by Crippen LogP contribution is -2.04. The highest BCUT2D eigenvalue weighted by Gasteiger charge is 2.11. The van der Waals surface area contributed by atoms with Crippen molar-refractivity contribution in [3.63, 3.8) is 0 Å². The van der Waals surface area contributed by atoms with Crippen molar-refractivity contribution < 1.29 is 8.78 Å². The maximum absolute atomic E-state index is 13.6. The molecule has 0 fully saturated rings. The number of hydrogen-bond acceptors (Lipinski definition) is 4. The Hall–Kier alpha value is -1.40. The topological polar surface area (TPSA) is 37.8 Å². The van der Waals surface area contributed by atoms with Crippen LogP contribution in [0.1, 0.15) is 13.3 Å². The first-order valence-corrected chi connectivity index (χ1v) is 7.19. The maximum Gasteiger partial charge on any atom is 0.223 e. The van der Waals surface area contributed by atoms with Crippen LogP contribution in [-0.2, 0) is 0 Å². The molecule has 0 atom stereocenters. The van der Waals surface area contributed by atoms with E-state index < -0.39 is 11.6 Å². The summed E-state index contributed by atoms with van der Waals surface area (Å²) in [5, 5.41) is 3.77. The second-order valence-corrected chi connectivity index (χ2v) is 5.39. The maximum atomic E-state index is 13.6. The van der Waals surface area contributed by atoms with Crippen molar-refractivity contribution in [2.75, 3.05) is 11.9 Å². The van der Waals surface area contributed by atoms with Crippen LogP contribution in [0.5, 0.6) is 0 Å². The molecule has 2 rings (SSSR count). The third-order valence-electron chi connectivity index (χ3n) is 2.35. The zero-order chi connectivity index (χ0) is 14.5. The zero-order valence-corrected chi connectivity index (χ0v) is 12.2. The summed E-state index contributed by atoms with van der Waals surface area (Å²) in [7, 11) is 0. The summed E-state index contributed by atoms with van der Waals surface area (Å²) in [6.45, 7) is 2.75. The van der Waals surface area contributed by atoms with Crippen molar-refractivity contribution in [1.29, 1.82) is 0 Å². The van der Waals surface area contributed by atoms with Gasteiger partial charge in [0.2, 0.25) is 5.95 Å². The van der Waals surface area contributed by atoms with E-state index in [9.17, 15) is 8.78 Å². The van der Waals surface area contributed by atoms with E-state index in [4.69, 9.17) is 11.6 Å². The molecule has 1 aromatic heterocycles. The molecule has 1 heterocycles. The molecule has 7 heteroatoms. The van der Waals surface area contributed by atoms with Crippen molar-refractivity contribution in [2.24, 2.45) is 0 Å². The first kappa shape index (κ1) is 15.0. The van der Waals surface area contributed by atoms with Gasteiger partial charge in [0, 0.05) is 17.5 Å². The number of halogens is 3. The van der Waals surface area contributed by atoms with Gasteiger partial charge >= 0.3 is 0 Å². The van der Waals surface area contributed by atoms with Gasteiger partial charge in [-0.25, -0.2) is 18.7 Å². The Morgan fingerprint density at radius 3 is 2.85 bits per heavy atom. The van der Waals surface area contributed by atoms with Gasteiger partial charge in [0.25, 0.3) is 0 Å². The van der Waals surface area contributed by atoms with Gasteiger partial charge in [0.05, 0.1) is 11.2 Å². The fraction of sp³-hybridized carbons (Fsp3) is 0.231. The van der Waals surface area contributed by atoms with E-state index in [0.717, 1.165) is 30.8 Å². The first-order valence-electron chi connectivity index (χ1n) is 5.99. The van der Waals surface area contributed by atoms with Crippen LogP contribution in [0.2, 0.25) is 5.02 Å². The van der Waals surface area contributed by atoms with Crippen LogP contribution in [0.4, 0.5) is 14.7 Å². The van der Waals surface area contributed by atoms with Gasteiger partial charge in [-0.1, -0.05) is 30.3 Å². The lowest BCUT2D eigenvalue weighted by atomic mass is 10.3. The van der Waals surface area contributed by atoms with Gasteiger partial charge in [-0.05, 0) is 18.6 Å². The van der Waals surface area contributed by atoms with Crippen molar-refractivity contribution in [3.05, 3.63) is 41.1 Å². The van der Waals surface area contributed by atoms with Crippen LogP contribution in [-0.4, -0.2) is 16.5 Å². The molecule has 0 saturated heterocycles. The van der Waals surface area contributed by atoms with E-state index in [0.29, 0.717) is 16.0 Å². The van der Waals surface area contributed by atoms with Gasteiger partial charge in [-0.3, -0.25) is 0 Å². The normalized spacial score (nSPS) is 10.6. The van der Waals surface area contributed by atoms with Crippen LogP contribution in [0.25, 0.3) is 0 Å². The van der Waals surface area contributed by atoms with Gasteiger partial charge in [0.15, 0.2) is 0 Å². The van der Waals surface area contributed by atoms with E-state index in [-0.39, 0.29) is 4.90 Å². The second-order valence-electron chi connectivity index (χ2n) is 3.95. The Balaban J connectivity index is 2.23. The standard InChI is InChI=1S/C13H12ClF2N3S/c1-2-5-17-13-18-7-9(14)12(19-13)20-11-4-3-8(15)6-10(11)16/h3-4,6-7H,2,5H2,1H3,(H,17,18,19). The number of nitrogens with one attached hydrogen (secondary N) is 1. The fourth-order valence-corrected chi connectivity index (χ4v) is 2.40. The van der Waals surface area contributed by atoms with Crippen molar-refractivity contribution in [2.45, 2.75) is 23.3 Å². The third-order valence-corrected chi connectivity index (χ3v) is 3.79. The predicted molar refractivity (Wildman–Crippen MR) is 76.3 cm³/mol. The summed E-state index contributed by atoms with van der Waals surface area (Å²) >= 11 is 7.03. The van der Waals surface area contributed by atoms with E-state index in [1.54, 1.807) is 0 Å². The van der Waals surface area contributed by atoms with Crippen molar-refractivity contribution in [3.8, 4) is 0 Å². The van der Waals surface area contributed by atoms with E-state index >= 15 is 0 Å². The van der Waals surface area contributed by atoms with Gasteiger partial charge < -0.3 is 5.32 Å². The number of nitrogens with zero attached hydrogens (tertiary/aromatic N) is 2. The van der Waals surface area contributed by atoms with Crippen molar-refractivity contribution >= 4 is 29.3 Å². The minimum atomic E-state index is -0.646. The third kappa shape index (κ3) is 3.80. The molecule has 0 aliphatic carbocycles. The minimum Gasteiger partial charge on any atom is -0.354 e. The Morgan fingerprint density at radius 1 is 1.35 bits per heavy atom. The molecule has 0 radical (unpaired) electrons. The molecule has 1 aromatic carbocycles. The smallest absolute Gasteiger partial charge is 0.223 e. The second kappa shape index (κ2) is 6.85. The Kier molecular flexibility index (Phi) is 5.14. The molecular formula is C13H12ClF2N3S. The highest BCUT2D eigenvalue weighted by atomic mass is 35.5. The summed E-state index contributed by atoms with van der Waals surface area (Å²) in [6, 6.07) is 3.37. The molecule has 0 spiro atoms. The predicted octanol–water partition coefficient (Wildman–Crippen LogP) is 4.38. The molecule has 0 saturated carbocycles. The Morgan fingerprint density at radius 2 is 2.15 bits per heavy atom. The molecular weight excluding hydrogens is 304 g/mol. The monoisotopic (exact) mass is 315 g/mol. The fourth-order valence-electron chi connectivity index (χ4n) is 1.41. The molecule has 0 unspecified atom stereocenters. The largest absolute Gasteiger partial charge is 0.354 e. The number of rotatable bonds is 5. The first-order chi connectivity index (χ1) is 9.60. The quantitative estimate of drug-likeness (QED) is 0.831. The molecule has 106 valence electrons. The summed E-state index contributed by atoms with van der Waals surface area (Å²) in [6.07, 6.45) is 2.39. The number of hydrogen-bond donors (Lipinski definition) is 1. The summed E-state index contributed by atoms with van der Waals surface area (Å²) in [5.41, 5.74) is 0. The average Bonchev–Trinajstić information content (AvgIpc) is 2.42. The Bertz CT molecular complexity index is 610. The van der Waals surface area contributed by atoms with Gasteiger partial charge in [-0.15, -0.1) is 0 Å². The zero-order valence-electron chi connectivity index (χ0n) is 10.7. The molecule has 0 bridgehead atoms. The minimum absolute atomic E-state index is 0.258. The summed E-state index contributed by atoms with van der Waals surface area (Å²) in [4.78, 5) is 8.51. The summed E-state index contributed by atoms with van der Waals surface area (Å²) < 4.78 is 26.5. The molecule has 2 aromatic rings. The SMILES string of the molecule is CCCNc1ncc(Cl)c(Sc2ccc(F)cc2F)n1. The molecule has 0 aliphatic heterocycles. The van der Waals surface area contributed by atoms with Crippen LogP contribution in [0.15, 0.2) is 34.3 Å².